The summed E-state index contributed by atoms with van der Waals surface area (Å²) in [6.45, 7) is 2.58. The van der Waals surface area contributed by atoms with Crippen molar-refractivity contribution in [2.24, 2.45) is 0 Å². The van der Waals surface area contributed by atoms with E-state index < -0.39 is 86.8 Å². The van der Waals surface area contributed by atoms with Gasteiger partial charge in [0, 0.05) is 6.42 Å². The van der Waals surface area contributed by atoms with E-state index in [1.807, 2.05) is 6.08 Å². The summed E-state index contributed by atoms with van der Waals surface area (Å²) in [5.41, 5.74) is 0. The van der Waals surface area contributed by atoms with E-state index in [-0.39, 0.29) is 18.9 Å². The van der Waals surface area contributed by atoms with Crippen molar-refractivity contribution < 1.29 is 64.6 Å². The number of carbonyl (C=O) groups excluding carboxylic acids is 1. The molecule has 12 unspecified atom stereocenters. The summed E-state index contributed by atoms with van der Waals surface area (Å²) in [7, 11) is 0. The van der Waals surface area contributed by atoms with Gasteiger partial charge in [0.25, 0.3) is 0 Å². The van der Waals surface area contributed by atoms with Gasteiger partial charge in [0.1, 0.15) is 48.8 Å². The van der Waals surface area contributed by atoms with Gasteiger partial charge in [0.2, 0.25) is 5.91 Å². The first kappa shape index (κ1) is 47.4. The first-order chi connectivity index (χ1) is 25.6. The molecular weight excluding hydrogens is 690 g/mol. The van der Waals surface area contributed by atoms with Crippen molar-refractivity contribution in [3.05, 3.63) is 36.5 Å². The Hall–Kier alpha value is -1.79. The third-order valence-corrected chi connectivity index (χ3v) is 9.54. The number of ether oxygens (including phenoxy) is 4. The van der Waals surface area contributed by atoms with Gasteiger partial charge in [-0.05, 0) is 38.5 Å². The predicted molar refractivity (Wildman–Crippen MR) is 198 cm³/mol. The van der Waals surface area contributed by atoms with Gasteiger partial charge >= 0.3 is 0 Å². The Morgan fingerprint density at radius 2 is 1.21 bits per heavy atom. The summed E-state index contributed by atoms with van der Waals surface area (Å²) in [5, 5.41) is 85.9. The second-order valence-electron chi connectivity index (χ2n) is 14.0. The summed E-state index contributed by atoms with van der Waals surface area (Å²) < 4.78 is 22.5. The molecule has 308 valence electrons. The minimum atomic E-state index is -1.79. The van der Waals surface area contributed by atoms with Crippen molar-refractivity contribution in [1.82, 2.24) is 5.32 Å². The van der Waals surface area contributed by atoms with Crippen LogP contribution in [0, 0.1) is 0 Å². The van der Waals surface area contributed by atoms with E-state index in [0.29, 0.717) is 12.8 Å². The molecule has 0 radical (unpaired) electrons. The fourth-order valence-corrected chi connectivity index (χ4v) is 6.21. The Morgan fingerprint density at radius 1 is 0.660 bits per heavy atom. The zero-order valence-corrected chi connectivity index (χ0v) is 31.7. The van der Waals surface area contributed by atoms with Gasteiger partial charge < -0.3 is 65.1 Å². The molecule has 14 nitrogen and oxygen atoms in total. The Bertz CT molecular complexity index is 1040. The van der Waals surface area contributed by atoms with Crippen LogP contribution in [-0.4, -0.2) is 140 Å². The normalized spacial score (nSPS) is 30.8. The molecule has 0 aromatic rings. The zero-order chi connectivity index (χ0) is 39.0. The number of hydrogen-bond donors (Lipinski definition) is 9. The van der Waals surface area contributed by atoms with Gasteiger partial charge in [0.15, 0.2) is 12.6 Å². The quantitative estimate of drug-likeness (QED) is 0.0432. The average Bonchev–Trinajstić information content (AvgIpc) is 3.15. The average molecular weight is 760 g/mol. The van der Waals surface area contributed by atoms with Crippen LogP contribution in [0.15, 0.2) is 36.5 Å². The maximum atomic E-state index is 12.9. The lowest BCUT2D eigenvalue weighted by atomic mass is 9.97. The van der Waals surface area contributed by atoms with Crippen molar-refractivity contribution in [3.8, 4) is 0 Å². The zero-order valence-electron chi connectivity index (χ0n) is 31.7. The highest BCUT2D eigenvalue weighted by Gasteiger charge is 2.50. The first-order valence-electron chi connectivity index (χ1n) is 19.7. The molecule has 2 heterocycles. The summed E-state index contributed by atoms with van der Waals surface area (Å²) in [5.74, 6) is -0.265. The Morgan fingerprint density at radius 3 is 1.81 bits per heavy atom. The molecule has 0 aromatic carbocycles. The fourth-order valence-electron chi connectivity index (χ4n) is 6.21. The van der Waals surface area contributed by atoms with Crippen LogP contribution < -0.4 is 5.32 Å². The second kappa shape index (κ2) is 27.7. The molecule has 1 amide bonds. The molecule has 0 aromatic heterocycles. The smallest absolute Gasteiger partial charge is 0.220 e. The Kier molecular flexibility index (Phi) is 24.8. The highest BCUT2D eigenvalue weighted by Crippen LogP contribution is 2.29. The van der Waals surface area contributed by atoms with Gasteiger partial charge in [0.05, 0.1) is 32.0 Å². The van der Waals surface area contributed by atoms with Crippen molar-refractivity contribution in [2.45, 2.75) is 184 Å². The van der Waals surface area contributed by atoms with Crippen molar-refractivity contribution >= 4 is 5.91 Å². The number of aliphatic hydroxyl groups is 8. The molecule has 53 heavy (non-hydrogen) atoms. The number of aliphatic hydroxyl groups excluding tert-OH is 8. The lowest BCUT2D eigenvalue weighted by molar-refractivity contribution is -0.359. The van der Waals surface area contributed by atoms with E-state index >= 15 is 0 Å². The topological polar surface area (TPSA) is 228 Å². The van der Waals surface area contributed by atoms with E-state index in [1.165, 1.54) is 25.7 Å². The van der Waals surface area contributed by atoms with E-state index in [2.05, 4.69) is 43.5 Å². The molecule has 2 rings (SSSR count). The summed E-state index contributed by atoms with van der Waals surface area (Å²) >= 11 is 0. The van der Waals surface area contributed by atoms with Crippen LogP contribution in [0.2, 0.25) is 0 Å². The molecule has 9 N–H and O–H groups in total. The van der Waals surface area contributed by atoms with Gasteiger partial charge in [-0.2, -0.15) is 0 Å². The number of hydrogen-bond acceptors (Lipinski definition) is 13. The minimum absolute atomic E-state index is 0.265. The second-order valence-corrected chi connectivity index (χ2v) is 14.0. The maximum Gasteiger partial charge on any atom is 0.220 e. The van der Waals surface area contributed by atoms with Crippen LogP contribution in [0.3, 0.4) is 0 Å². The summed E-state index contributed by atoms with van der Waals surface area (Å²) in [6.07, 6.45) is 9.47. The molecule has 2 aliphatic heterocycles. The van der Waals surface area contributed by atoms with E-state index in [0.717, 1.165) is 51.4 Å². The van der Waals surface area contributed by atoms with Crippen LogP contribution in [0.1, 0.15) is 110 Å². The fraction of sp³-hybridized carbons (Fsp3) is 0.821. The van der Waals surface area contributed by atoms with Gasteiger partial charge in [-0.1, -0.05) is 102 Å². The minimum Gasteiger partial charge on any atom is -0.394 e. The molecule has 0 aliphatic carbocycles. The van der Waals surface area contributed by atoms with E-state index in [4.69, 9.17) is 18.9 Å². The summed E-state index contributed by atoms with van der Waals surface area (Å²) in [4.78, 5) is 12.9. The highest BCUT2D eigenvalue weighted by atomic mass is 16.7. The predicted octanol–water partition coefficient (Wildman–Crippen LogP) is 2.03. The van der Waals surface area contributed by atoms with Gasteiger partial charge in [-0.25, -0.2) is 0 Å². The van der Waals surface area contributed by atoms with Crippen LogP contribution >= 0.6 is 0 Å². The van der Waals surface area contributed by atoms with Crippen LogP contribution in [0.25, 0.3) is 0 Å². The Balaban J connectivity index is 2.00. The number of amides is 1. The third kappa shape index (κ3) is 17.3. The molecule has 12 atom stereocenters. The highest BCUT2D eigenvalue weighted by molar-refractivity contribution is 5.76. The van der Waals surface area contributed by atoms with Gasteiger partial charge in [-0.15, -0.1) is 0 Å². The van der Waals surface area contributed by atoms with E-state index in [1.54, 1.807) is 6.08 Å². The summed E-state index contributed by atoms with van der Waals surface area (Å²) in [6, 6.07) is -0.929. The van der Waals surface area contributed by atoms with Gasteiger partial charge in [-0.3, -0.25) is 4.79 Å². The number of nitrogens with one attached hydrogen (secondary N) is 1. The first-order valence-corrected chi connectivity index (χ1v) is 19.7. The molecular formula is C39H69NO13. The third-order valence-electron chi connectivity index (χ3n) is 9.54. The van der Waals surface area contributed by atoms with Crippen LogP contribution in [0.4, 0.5) is 0 Å². The molecule has 2 fully saturated rings. The lowest BCUT2D eigenvalue weighted by Crippen LogP contribution is -2.65. The molecule has 2 saturated heterocycles. The van der Waals surface area contributed by atoms with E-state index in [9.17, 15) is 45.6 Å². The number of allylic oxidation sites excluding steroid dienone is 5. The molecule has 0 saturated carbocycles. The Labute approximate surface area is 315 Å². The number of rotatable bonds is 27. The lowest BCUT2D eigenvalue weighted by Gasteiger charge is -2.46. The number of unbranched alkanes of at least 4 members (excludes halogenated alkanes) is 10. The molecule has 14 heteroatoms. The number of carbonyl (C=O) groups is 1. The SMILES string of the molecule is CCC/C=C/CC/C=C/CC/C=C/C(O)C(COC1OC(CO)C(OC2OC(CO)C(O)C(O)C2O)C(O)C1O)NC(=O)CCCCCCCCCC. The largest absolute Gasteiger partial charge is 0.394 e. The maximum absolute atomic E-state index is 12.9. The molecule has 0 bridgehead atoms. The monoisotopic (exact) mass is 759 g/mol. The van der Waals surface area contributed by atoms with Crippen molar-refractivity contribution in [2.75, 3.05) is 19.8 Å². The van der Waals surface area contributed by atoms with Crippen molar-refractivity contribution in [3.63, 3.8) is 0 Å². The van der Waals surface area contributed by atoms with Crippen molar-refractivity contribution in [1.29, 1.82) is 0 Å². The standard InChI is InChI=1S/C39H69NO13/c1-3-5-7-9-11-13-14-15-16-18-20-22-28(43)27(40-31(44)23-21-19-17-12-10-8-6-4-2)26-50-38-36(49)34(47)37(30(25-42)52-38)53-39-35(48)33(46)32(45)29(24-41)51-39/h7,9,14-15,20,22,27-30,32-39,41-43,45-49H,3-6,8,10-13,16-19,21,23-26H2,1-2H3,(H,40,44)/b9-7+,15-14+,22-20+. The van der Waals surface area contributed by atoms with Crippen LogP contribution in [0.5, 0.6) is 0 Å². The molecule has 0 spiro atoms. The van der Waals surface area contributed by atoms with Crippen LogP contribution in [-0.2, 0) is 23.7 Å². The molecule has 2 aliphatic rings.